The Morgan fingerprint density at radius 3 is 2.35 bits per heavy atom. The van der Waals surface area contributed by atoms with Crippen LogP contribution in [0.4, 0.5) is 8.78 Å². The first-order valence-electron chi connectivity index (χ1n) is 4.86. The number of aliphatic carboxylic acids is 1. The molecular weight excluding hydrogens is 228 g/mol. The summed E-state index contributed by atoms with van der Waals surface area (Å²) in [6, 6.07) is 1.74. The van der Waals surface area contributed by atoms with Gasteiger partial charge in [0, 0.05) is 17.5 Å². The number of rotatable bonds is 2. The van der Waals surface area contributed by atoms with E-state index < -0.39 is 29.6 Å². The average Bonchev–Trinajstić information content (AvgIpc) is 2.23. The molecule has 0 bridgehead atoms. The van der Waals surface area contributed by atoms with Gasteiger partial charge in [-0.2, -0.15) is 0 Å². The van der Waals surface area contributed by atoms with Crippen LogP contribution in [0.15, 0.2) is 18.2 Å². The summed E-state index contributed by atoms with van der Waals surface area (Å²) in [6.45, 7) is 1.53. The SMILES string of the molecule is C[C@H](C#Cc1cc(F)cc(F)c1)[C@H](N)C(=O)O. The molecule has 0 aliphatic carbocycles. The highest BCUT2D eigenvalue weighted by Gasteiger charge is 2.17. The van der Waals surface area contributed by atoms with E-state index in [4.69, 9.17) is 10.8 Å². The van der Waals surface area contributed by atoms with Gasteiger partial charge in [-0.05, 0) is 19.1 Å². The van der Waals surface area contributed by atoms with Crippen LogP contribution in [0.2, 0.25) is 0 Å². The normalized spacial score (nSPS) is 13.4. The molecule has 0 heterocycles. The zero-order chi connectivity index (χ0) is 13.0. The largest absolute Gasteiger partial charge is 0.480 e. The molecule has 90 valence electrons. The molecule has 0 amide bonds. The Labute approximate surface area is 97.2 Å². The fourth-order valence-electron chi connectivity index (χ4n) is 1.13. The minimum atomic E-state index is -1.17. The molecule has 0 aromatic heterocycles. The van der Waals surface area contributed by atoms with Crippen molar-refractivity contribution in [2.45, 2.75) is 13.0 Å². The molecule has 1 aromatic rings. The highest BCUT2D eigenvalue weighted by atomic mass is 19.1. The molecule has 0 saturated heterocycles. The number of halogens is 2. The first-order chi connectivity index (χ1) is 7.90. The van der Waals surface area contributed by atoms with Crippen LogP contribution in [-0.2, 0) is 4.79 Å². The van der Waals surface area contributed by atoms with E-state index in [2.05, 4.69) is 11.8 Å². The Balaban J connectivity index is 2.88. The van der Waals surface area contributed by atoms with Crippen molar-refractivity contribution in [3.05, 3.63) is 35.4 Å². The smallest absolute Gasteiger partial charge is 0.321 e. The van der Waals surface area contributed by atoms with Gasteiger partial charge in [0.25, 0.3) is 0 Å². The van der Waals surface area contributed by atoms with Gasteiger partial charge < -0.3 is 10.8 Å². The fraction of sp³-hybridized carbons (Fsp3) is 0.250. The van der Waals surface area contributed by atoms with Gasteiger partial charge in [0.1, 0.15) is 17.7 Å². The molecule has 3 N–H and O–H groups in total. The van der Waals surface area contributed by atoms with Crippen molar-refractivity contribution >= 4 is 5.97 Å². The van der Waals surface area contributed by atoms with Crippen molar-refractivity contribution in [3.63, 3.8) is 0 Å². The summed E-state index contributed by atoms with van der Waals surface area (Å²) in [6.07, 6.45) is 0. The van der Waals surface area contributed by atoms with Crippen molar-refractivity contribution in [1.29, 1.82) is 0 Å². The van der Waals surface area contributed by atoms with Crippen molar-refractivity contribution < 1.29 is 18.7 Å². The molecule has 3 nitrogen and oxygen atoms in total. The molecule has 17 heavy (non-hydrogen) atoms. The first kappa shape index (κ1) is 13.1. The fourth-order valence-corrected chi connectivity index (χ4v) is 1.13. The van der Waals surface area contributed by atoms with Crippen molar-refractivity contribution in [1.82, 2.24) is 0 Å². The molecule has 0 fully saturated rings. The molecule has 0 spiro atoms. The van der Waals surface area contributed by atoms with Crippen LogP contribution in [-0.4, -0.2) is 17.1 Å². The standard InChI is InChI=1S/C12H11F2NO2/c1-7(11(15)12(16)17)2-3-8-4-9(13)6-10(14)5-8/h4-7,11H,15H2,1H3,(H,16,17)/t7-,11+/m1/s1. The van der Waals surface area contributed by atoms with Gasteiger partial charge in [-0.15, -0.1) is 0 Å². The number of carbonyl (C=O) groups is 1. The third-order valence-corrected chi connectivity index (χ3v) is 2.13. The second kappa shape index (κ2) is 5.41. The highest BCUT2D eigenvalue weighted by Crippen LogP contribution is 2.07. The molecule has 2 atom stereocenters. The van der Waals surface area contributed by atoms with Gasteiger partial charge >= 0.3 is 5.97 Å². The van der Waals surface area contributed by atoms with E-state index in [1.54, 1.807) is 0 Å². The van der Waals surface area contributed by atoms with Crippen LogP contribution in [0, 0.1) is 29.4 Å². The summed E-state index contributed by atoms with van der Waals surface area (Å²) in [4.78, 5) is 10.5. The number of benzene rings is 1. The lowest BCUT2D eigenvalue weighted by atomic mass is 10.0. The third kappa shape index (κ3) is 3.85. The third-order valence-electron chi connectivity index (χ3n) is 2.13. The van der Waals surface area contributed by atoms with Crippen LogP contribution < -0.4 is 5.73 Å². The lowest BCUT2D eigenvalue weighted by molar-refractivity contribution is -0.139. The van der Waals surface area contributed by atoms with E-state index in [0.29, 0.717) is 0 Å². The number of hydrogen-bond acceptors (Lipinski definition) is 2. The van der Waals surface area contributed by atoms with E-state index in [1.165, 1.54) is 6.92 Å². The number of carboxylic acids is 1. The van der Waals surface area contributed by atoms with Gasteiger partial charge in [0.15, 0.2) is 0 Å². The highest BCUT2D eigenvalue weighted by molar-refractivity contribution is 5.74. The predicted molar refractivity (Wildman–Crippen MR) is 58.0 cm³/mol. The van der Waals surface area contributed by atoms with Crippen LogP contribution >= 0.6 is 0 Å². The number of hydrogen-bond donors (Lipinski definition) is 2. The summed E-state index contributed by atoms with van der Waals surface area (Å²) in [5, 5.41) is 8.63. The Morgan fingerprint density at radius 1 is 1.35 bits per heavy atom. The number of carboxylic acid groups (broad SMARTS) is 1. The zero-order valence-corrected chi connectivity index (χ0v) is 9.08. The quantitative estimate of drug-likeness (QED) is 0.766. The van der Waals surface area contributed by atoms with Gasteiger partial charge in [0.05, 0.1) is 0 Å². The van der Waals surface area contributed by atoms with Crippen LogP contribution in [0.3, 0.4) is 0 Å². The van der Waals surface area contributed by atoms with Crippen molar-refractivity contribution in [2.24, 2.45) is 11.7 Å². The molecule has 5 heteroatoms. The summed E-state index contributed by atoms with van der Waals surface area (Å²) in [5.74, 6) is 1.79. The predicted octanol–water partition coefficient (Wildman–Crippen LogP) is 1.36. The van der Waals surface area contributed by atoms with Crippen LogP contribution in [0.1, 0.15) is 12.5 Å². The van der Waals surface area contributed by atoms with E-state index in [0.717, 1.165) is 18.2 Å². The van der Waals surface area contributed by atoms with E-state index in [-0.39, 0.29) is 5.56 Å². The summed E-state index contributed by atoms with van der Waals surface area (Å²) in [5.41, 5.74) is 5.48. The summed E-state index contributed by atoms with van der Waals surface area (Å²) >= 11 is 0. The Morgan fingerprint density at radius 2 is 1.88 bits per heavy atom. The van der Waals surface area contributed by atoms with Gasteiger partial charge in [-0.3, -0.25) is 4.79 Å². The van der Waals surface area contributed by atoms with Crippen LogP contribution in [0.5, 0.6) is 0 Å². The zero-order valence-electron chi connectivity index (χ0n) is 9.08. The molecular formula is C12H11F2NO2. The van der Waals surface area contributed by atoms with Gasteiger partial charge in [0.2, 0.25) is 0 Å². The minimum Gasteiger partial charge on any atom is -0.480 e. The first-order valence-corrected chi connectivity index (χ1v) is 4.86. The van der Waals surface area contributed by atoms with Gasteiger partial charge in [-0.25, -0.2) is 8.78 Å². The van der Waals surface area contributed by atoms with Crippen molar-refractivity contribution in [3.8, 4) is 11.8 Å². The molecule has 0 saturated carbocycles. The molecule has 0 unspecified atom stereocenters. The summed E-state index contributed by atoms with van der Waals surface area (Å²) in [7, 11) is 0. The Kier molecular flexibility index (Phi) is 4.18. The molecule has 1 rings (SSSR count). The lowest BCUT2D eigenvalue weighted by Gasteiger charge is -2.08. The maximum absolute atomic E-state index is 12.8. The van der Waals surface area contributed by atoms with E-state index in [1.807, 2.05) is 0 Å². The number of nitrogens with two attached hydrogens (primary N) is 1. The van der Waals surface area contributed by atoms with Crippen LogP contribution in [0.25, 0.3) is 0 Å². The monoisotopic (exact) mass is 239 g/mol. The second-order valence-corrected chi connectivity index (χ2v) is 3.58. The van der Waals surface area contributed by atoms with Gasteiger partial charge in [-0.1, -0.05) is 11.8 Å². The molecule has 0 aliphatic heterocycles. The maximum Gasteiger partial charge on any atom is 0.321 e. The summed E-state index contributed by atoms with van der Waals surface area (Å²) < 4.78 is 25.6. The van der Waals surface area contributed by atoms with E-state index >= 15 is 0 Å². The molecule has 1 aromatic carbocycles. The Hall–Kier alpha value is -1.93. The second-order valence-electron chi connectivity index (χ2n) is 3.58. The lowest BCUT2D eigenvalue weighted by Crippen LogP contribution is -2.35. The Bertz CT molecular complexity index is 471. The molecule has 0 aliphatic rings. The molecule has 0 radical (unpaired) electrons. The average molecular weight is 239 g/mol. The topological polar surface area (TPSA) is 63.3 Å². The maximum atomic E-state index is 12.8. The van der Waals surface area contributed by atoms with Crippen molar-refractivity contribution in [2.75, 3.05) is 0 Å². The van der Waals surface area contributed by atoms with E-state index in [9.17, 15) is 13.6 Å². The minimum absolute atomic E-state index is 0.145.